The van der Waals surface area contributed by atoms with Gasteiger partial charge in [-0.25, -0.2) is 0 Å². The summed E-state index contributed by atoms with van der Waals surface area (Å²) in [6.07, 6.45) is 0.290. The van der Waals surface area contributed by atoms with E-state index in [0.29, 0.717) is 11.9 Å². The maximum atomic E-state index is 11.9. The van der Waals surface area contributed by atoms with Gasteiger partial charge in [0.2, 0.25) is 0 Å². The first-order chi connectivity index (χ1) is 14.9. The van der Waals surface area contributed by atoms with Crippen LogP contribution in [0.5, 0.6) is 5.75 Å². The van der Waals surface area contributed by atoms with Gasteiger partial charge in [0.1, 0.15) is 12.0 Å². The molecule has 3 aromatic carbocycles. The topological polar surface area (TPSA) is 63.6 Å². The molecule has 0 aliphatic heterocycles. The van der Waals surface area contributed by atoms with Crippen molar-refractivity contribution in [1.82, 2.24) is 0 Å². The molecule has 0 fully saturated rings. The SMILES string of the molecule is COc1ccc(/C(=C(/C=O)CC(=O)O)c2ccccc2)cc1Sc1c(C)cccc1C. The van der Waals surface area contributed by atoms with E-state index >= 15 is 0 Å². The molecule has 0 saturated carbocycles. The average molecular weight is 433 g/mol. The van der Waals surface area contributed by atoms with Crippen LogP contribution in [0.4, 0.5) is 0 Å². The highest BCUT2D eigenvalue weighted by molar-refractivity contribution is 7.99. The molecule has 1 N–H and O–H groups in total. The third kappa shape index (κ3) is 5.25. The van der Waals surface area contributed by atoms with Crippen LogP contribution >= 0.6 is 11.8 Å². The number of aryl methyl sites for hydroxylation is 2. The van der Waals surface area contributed by atoms with Crippen molar-refractivity contribution >= 4 is 29.6 Å². The van der Waals surface area contributed by atoms with E-state index < -0.39 is 5.97 Å². The predicted molar refractivity (Wildman–Crippen MR) is 124 cm³/mol. The highest BCUT2D eigenvalue weighted by Gasteiger charge is 2.17. The second kappa shape index (κ2) is 10.1. The van der Waals surface area contributed by atoms with Crippen molar-refractivity contribution in [3.63, 3.8) is 0 Å². The summed E-state index contributed by atoms with van der Waals surface area (Å²) in [6.45, 7) is 4.14. The first-order valence-corrected chi connectivity index (χ1v) is 10.6. The van der Waals surface area contributed by atoms with Gasteiger partial charge in [0.15, 0.2) is 0 Å². The summed E-state index contributed by atoms with van der Waals surface area (Å²) < 4.78 is 5.59. The normalized spacial score (nSPS) is 11.6. The van der Waals surface area contributed by atoms with Gasteiger partial charge in [-0.1, -0.05) is 66.4 Å². The van der Waals surface area contributed by atoms with Gasteiger partial charge in [0.05, 0.1) is 18.4 Å². The molecule has 0 bridgehead atoms. The fraction of sp³-hybridized carbons (Fsp3) is 0.154. The Hall–Kier alpha value is -3.31. The Balaban J connectivity index is 2.19. The van der Waals surface area contributed by atoms with Crippen LogP contribution in [0.15, 0.2) is 82.1 Å². The highest BCUT2D eigenvalue weighted by atomic mass is 32.2. The second-order valence-corrected chi connectivity index (χ2v) is 8.20. The maximum absolute atomic E-state index is 11.9. The Morgan fingerprint density at radius 1 is 0.968 bits per heavy atom. The number of carboxylic acids is 1. The number of carbonyl (C=O) groups is 2. The summed E-state index contributed by atoms with van der Waals surface area (Å²) in [5, 5.41) is 9.33. The van der Waals surface area contributed by atoms with Gasteiger partial charge in [-0.05, 0) is 53.8 Å². The van der Waals surface area contributed by atoms with Crippen LogP contribution in [0.25, 0.3) is 5.57 Å². The molecule has 3 rings (SSSR count). The van der Waals surface area contributed by atoms with Crippen molar-refractivity contribution in [3.05, 3.63) is 94.6 Å². The van der Waals surface area contributed by atoms with Crippen molar-refractivity contribution in [2.75, 3.05) is 7.11 Å². The molecular formula is C26H24O4S. The summed E-state index contributed by atoms with van der Waals surface area (Å²) in [5.41, 5.74) is 4.73. The lowest BCUT2D eigenvalue weighted by Gasteiger charge is -2.16. The molecule has 0 aliphatic rings. The molecule has 0 atom stereocenters. The van der Waals surface area contributed by atoms with Gasteiger partial charge in [-0.3, -0.25) is 9.59 Å². The number of rotatable bonds is 8. The first-order valence-electron chi connectivity index (χ1n) is 9.82. The van der Waals surface area contributed by atoms with E-state index in [2.05, 4.69) is 26.0 Å². The Morgan fingerprint density at radius 2 is 1.65 bits per heavy atom. The van der Waals surface area contributed by atoms with Gasteiger partial charge >= 0.3 is 5.97 Å². The number of methoxy groups -OCH3 is 1. The Morgan fingerprint density at radius 3 is 2.23 bits per heavy atom. The van der Waals surface area contributed by atoms with Crippen LogP contribution in [-0.2, 0) is 9.59 Å². The molecule has 5 heteroatoms. The minimum Gasteiger partial charge on any atom is -0.496 e. The van der Waals surface area contributed by atoms with Crippen molar-refractivity contribution in [1.29, 1.82) is 0 Å². The number of aldehydes is 1. The molecule has 158 valence electrons. The van der Waals surface area contributed by atoms with Gasteiger partial charge in [0, 0.05) is 10.5 Å². The Bertz CT molecular complexity index is 1110. The van der Waals surface area contributed by atoms with Crippen LogP contribution in [0.3, 0.4) is 0 Å². The van der Waals surface area contributed by atoms with Gasteiger partial charge in [-0.2, -0.15) is 0 Å². The van der Waals surface area contributed by atoms with E-state index in [1.165, 1.54) is 0 Å². The number of ether oxygens (including phenoxy) is 1. The van der Waals surface area contributed by atoms with Crippen LogP contribution in [0.2, 0.25) is 0 Å². The minimum atomic E-state index is -1.05. The van der Waals surface area contributed by atoms with Crippen molar-refractivity contribution < 1.29 is 19.4 Å². The monoisotopic (exact) mass is 432 g/mol. The van der Waals surface area contributed by atoms with Gasteiger partial charge in [0.25, 0.3) is 0 Å². The molecular weight excluding hydrogens is 408 g/mol. The van der Waals surface area contributed by atoms with E-state index in [1.807, 2.05) is 54.6 Å². The van der Waals surface area contributed by atoms with E-state index in [9.17, 15) is 14.7 Å². The number of hydrogen-bond donors (Lipinski definition) is 1. The van der Waals surface area contributed by atoms with E-state index in [1.54, 1.807) is 18.9 Å². The molecule has 31 heavy (non-hydrogen) atoms. The molecule has 0 amide bonds. The third-order valence-corrected chi connectivity index (χ3v) is 6.33. The predicted octanol–water partition coefficient (Wildman–Crippen LogP) is 5.94. The fourth-order valence-corrected chi connectivity index (χ4v) is 4.59. The summed E-state index contributed by atoms with van der Waals surface area (Å²) in [6, 6.07) is 21.2. The number of carboxylic acid groups (broad SMARTS) is 1. The second-order valence-electron chi connectivity index (χ2n) is 7.14. The van der Waals surface area contributed by atoms with Crippen LogP contribution in [0, 0.1) is 13.8 Å². The number of hydrogen-bond acceptors (Lipinski definition) is 4. The van der Waals surface area contributed by atoms with E-state index in [-0.39, 0.29) is 12.0 Å². The maximum Gasteiger partial charge on any atom is 0.307 e. The fourth-order valence-electron chi connectivity index (χ4n) is 3.48. The van der Waals surface area contributed by atoms with Crippen LogP contribution < -0.4 is 4.74 Å². The van der Waals surface area contributed by atoms with Gasteiger partial charge in [-0.15, -0.1) is 0 Å². The third-order valence-electron chi connectivity index (χ3n) is 4.94. The largest absolute Gasteiger partial charge is 0.496 e. The molecule has 0 aliphatic carbocycles. The van der Waals surface area contributed by atoms with Crippen molar-refractivity contribution in [2.45, 2.75) is 30.1 Å². The molecule has 4 nitrogen and oxygen atoms in total. The molecule has 0 aromatic heterocycles. The summed E-state index contributed by atoms with van der Waals surface area (Å²) in [5.74, 6) is -0.330. The lowest BCUT2D eigenvalue weighted by Crippen LogP contribution is -2.03. The average Bonchev–Trinajstić information content (AvgIpc) is 2.76. The number of carbonyl (C=O) groups excluding carboxylic acids is 1. The van der Waals surface area contributed by atoms with E-state index in [0.717, 1.165) is 37.8 Å². The Kier molecular flexibility index (Phi) is 7.32. The highest BCUT2D eigenvalue weighted by Crippen LogP contribution is 2.41. The van der Waals surface area contributed by atoms with E-state index in [4.69, 9.17) is 4.74 Å². The minimum absolute atomic E-state index is 0.229. The molecule has 0 radical (unpaired) electrons. The number of aliphatic carboxylic acids is 1. The quantitative estimate of drug-likeness (QED) is 0.353. The lowest BCUT2D eigenvalue weighted by molar-refractivity contribution is -0.136. The van der Waals surface area contributed by atoms with Crippen molar-refractivity contribution in [3.8, 4) is 5.75 Å². The standard InChI is InChI=1S/C26H24O4S/c1-17-8-7-9-18(2)26(17)31-23-14-20(12-13-22(23)30-3)25(19-10-5-4-6-11-19)21(16-27)15-24(28)29/h4-14,16H,15H2,1-3H3,(H,28,29)/b25-21+. The van der Waals surface area contributed by atoms with Crippen molar-refractivity contribution in [2.24, 2.45) is 0 Å². The Labute approximate surface area is 186 Å². The molecule has 0 heterocycles. The molecule has 0 spiro atoms. The summed E-state index contributed by atoms with van der Waals surface area (Å²) in [4.78, 5) is 25.3. The van der Waals surface area contributed by atoms with Gasteiger partial charge < -0.3 is 9.84 Å². The first kappa shape index (κ1) is 22.4. The van der Waals surface area contributed by atoms with Crippen LogP contribution in [0.1, 0.15) is 28.7 Å². The lowest BCUT2D eigenvalue weighted by atomic mass is 9.92. The number of benzene rings is 3. The zero-order valence-electron chi connectivity index (χ0n) is 17.7. The smallest absolute Gasteiger partial charge is 0.307 e. The molecule has 0 saturated heterocycles. The molecule has 3 aromatic rings. The zero-order chi connectivity index (χ0) is 22.4. The summed E-state index contributed by atoms with van der Waals surface area (Å²) in [7, 11) is 1.62. The van der Waals surface area contributed by atoms with Crippen LogP contribution in [-0.4, -0.2) is 24.5 Å². The summed E-state index contributed by atoms with van der Waals surface area (Å²) >= 11 is 1.60. The molecule has 0 unspecified atom stereocenters. The zero-order valence-corrected chi connectivity index (χ0v) is 18.5.